The molecule has 0 atom stereocenters. The number of ether oxygens (including phenoxy) is 2. The highest BCUT2D eigenvalue weighted by molar-refractivity contribution is 7.09. The van der Waals surface area contributed by atoms with Crippen molar-refractivity contribution in [2.75, 3.05) is 33.5 Å². The number of hydrogen-bond acceptors (Lipinski definition) is 4. The Morgan fingerprint density at radius 2 is 2.29 bits per heavy atom. The fraction of sp³-hybridized carbons (Fsp3) is 0.600. The summed E-state index contributed by atoms with van der Waals surface area (Å²) in [5, 5.41) is 5.40. The van der Waals surface area contributed by atoms with Crippen LogP contribution < -0.4 is 5.32 Å². The van der Waals surface area contributed by atoms with E-state index in [4.69, 9.17) is 9.47 Å². The Hall–Kier alpha value is -0.420. The summed E-state index contributed by atoms with van der Waals surface area (Å²) in [4.78, 5) is 1.36. The van der Waals surface area contributed by atoms with Crippen LogP contribution in [0.5, 0.6) is 0 Å². The molecule has 0 saturated carbocycles. The van der Waals surface area contributed by atoms with Crippen molar-refractivity contribution in [2.24, 2.45) is 0 Å². The minimum absolute atomic E-state index is 0.672. The molecular weight excluding hydrogens is 198 g/mol. The van der Waals surface area contributed by atoms with Gasteiger partial charge in [-0.05, 0) is 11.4 Å². The lowest BCUT2D eigenvalue weighted by atomic mass is 10.4. The lowest BCUT2D eigenvalue weighted by molar-refractivity contribution is 0.0719. The molecule has 0 aliphatic heterocycles. The van der Waals surface area contributed by atoms with Crippen LogP contribution in [0.4, 0.5) is 0 Å². The van der Waals surface area contributed by atoms with Crippen molar-refractivity contribution in [3.63, 3.8) is 0 Å². The number of nitrogens with one attached hydrogen (secondary N) is 1. The van der Waals surface area contributed by atoms with Gasteiger partial charge in [0.1, 0.15) is 0 Å². The summed E-state index contributed by atoms with van der Waals surface area (Å²) >= 11 is 1.77. The summed E-state index contributed by atoms with van der Waals surface area (Å²) in [5.74, 6) is 0. The predicted molar refractivity (Wildman–Crippen MR) is 58.7 cm³/mol. The molecule has 1 N–H and O–H groups in total. The first kappa shape index (κ1) is 11.7. The second kappa shape index (κ2) is 7.94. The summed E-state index contributed by atoms with van der Waals surface area (Å²) < 4.78 is 10.2. The molecular formula is C10H17NO2S. The van der Waals surface area contributed by atoms with Crippen molar-refractivity contribution in [1.82, 2.24) is 5.32 Å². The zero-order valence-electron chi connectivity index (χ0n) is 8.49. The molecule has 0 saturated heterocycles. The molecule has 0 aliphatic carbocycles. The molecule has 0 aromatic carbocycles. The standard InChI is InChI=1S/C10H17NO2S/c1-12-6-7-13-5-4-11-9-10-3-2-8-14-10/h2-3,8,11H,4-7,9H2,1H3. The quantitative estimate of drug-likeness (QED) is 0.667. The van der Waals surface area contributed by atoms with E-state index in [0.29, 0.717) is 13.2 Å². The van der Waals surface area contributed by atoms with Gasteiger partial charge in [0.05, 0.1) is 19.8 Å². The van der Waals surface area contributed by atoms with Gasteiger partial charge in [-0.1, -0.05) is 6.07 Å². The average molecular weight is 215 g/mol. The molecule has 14 heavy (non-hydrogen) atoms. The van der Waals surface area contributed by atoms with Gasteiger partial charge >= 0.3 is 0 Å². The van der Waals surface area contributed by atoms with E-state index >= 15 is 0 Å². The molecule has 1 heterocycles. The molecule has 3 nitrogen and oxygen atoms in total. The summed E-state index contributed by atoms with van der Waals surface area (Å²) in [6.07, 6.45) is 0. The maximum atomic E-state index is 5.31. The molecule has 1 aromatic heterocycles. The van der Waals surface area contributed by atoms with E-state index < -0.39 is 0 Å². The number of hydrogen-bond donors (Lipinski definition) is 1. The van der Waals surface area contributed by atoms with Gasteiger partial charge in [0.25, 0.3) is 0 Å². The summed E-state index contributed by atoms with van der Waals surface area (Å²) in [5.41, 5.74) is 0. The fourth-order valence-electron chi connectivity index (χ4n) is 1.01. The molecule has 0 bridgehead atoms. The largest absolute Gasteiger partial charge is 0.382 e. The van der Waals surface area contributed by atoms with E-state index in [-0.39, 0.29) is 0 Å². The first-order chi connectivity index (χ1) is 6.93. The van der Waals surface area contributed by atoms with Crippen LogP contribution in [0, 0.1) is 0 Å². The first-order valence-corrected chi connectivity index (χ1v) is 5.61. The highest BCUT2D eigenvalue weighted by Crippen LogP contribution is 2.06. The van der Waals surface area contributed by atoms with Crippen LogP contribution in [-0.2, 0) is 16.0 Å². The molecule has 1 rings (SSSR count). The number of thiophene rings is 1. The second-order valence-electron chi connectivity index (χ2n) is 2.86. The second-order valence-corrected chi connectivity index (χ2v) is 3.89. The van der Waals surface area contributed by atoms with Crippen molar-refractivity contribution in [3.05, 3.63) is 22.4 Å². The summed E-state index contributed by atoms with van der Waals surface area (Å²) in [6.45, 7) is 3.92. The van der Waals surface area contributed by atoms with Crippen molar-refractivity contribution < 1.29 is 9.47 Å². The zero-order valence-corrected chi connectivity index (χ0v) is 9.31. The highest BCUT2D eigenvalue weighted by atomic mass is 32.1. The van der Waals surface area contributed by atoms with Gasteiger partial charge in [0.15, 0.2) is 0 Å². The molecule has 80 valence electrons. The minimum atomic E-state index is 0.672. The van der Waals surface area contributed by atoms with E-state index in [2.05, 4.69) is 22.8 Å². The number of rotatable bonds is 8. The third-order valence-corrected chi connectivity index (χ3v) is 2.61. The molecule has 0 unspecified atom stereocenters. The average Bonchev–Trinajstić information content (AvgIpc) is 2.69. The maximum absolute atomic E-state index is 5.31. The lowest BCUT2D eigenvalue weighted by Crippen LogP contribution is -2.19. The maximum Gasteiger partial charge on any atom is 0.0700 e. The van der Waals surface area contributed by atoms with Crippen LogP contribution in [0.3, 0.4) is 0 Å². The van der Waals surface area contributed by atoms with Gasteiger partial charge in [-0.2, -0.15) is 0 Å². The van der Waals surface area contributed by atoms with Crippen LogP contribution in [0.15, 0.2) is 17.5 Å². The van der Waals surface area contributed by atoms with Crippen molar-refractivity contribution in [3.8, 4) is 0 Å². The van der Waals surface area contributed by atoms with E-state index in [0.717, 1.165) is 19.7 Å². The Kier molecular flexibility index (Phi) is 6.61. The lowest BCUT2D eigenvalue weighted by Gasteiger charge is -2.04. The zero-order chi connectivity index (χ0) is 10.1. The van der Waals surface area contributed by atoms with Crippen molar-refractivity contribution >= 4 is 11.3 Å². The van der Waals surface area contributed by atoms with Gasteiger partial charge in [0.2, 0.25) is 0 Å². The van der Waals surface area contributed by atoms with Crippen LogP contribution in [0.25, 0.3) is 0 Å². The molecule has 0 fully saturated rings. The van der Waals surface area contributed by atoms with Gasteiger partial charge in [-0.25, -0.2) is 0 Å². The molecule has 0 spiro atoms. The smallest absolute Gasteiger partial charge is 0.0700 e. The SMILES string of the molecule is COCCOCCNCc1cccs1. The summed E-state index contributed by atoms with van der Waals surface area (Å²) in [6, 6.07) is 4.19. The Morgan fingerprint density at radius 3 is 3.00 bits per heavy atom. The van der Waals surface area contributed by atoms with E-state index in [9.17, 15) is 0 Å². The van der Waals surface area contributed by atoms with Crippen molar-refractivity contribution in [2.45, 2.75) is 6.54 Å². The Labute approximate surface area is 89.0 Å². The van der Waals surface area contributed by atoms with Gasteiger partial charge < -0.3 is 14.8 Å². The van der Waals surface area contributed by atoms with Crippen molar-refractivity contribution in [1.29, 1.82) is 0 Å². The first-order valence-electron chi connectivity index (χ1n) is 4.73. The monoisotopic (exact) mass is 215 g/mol. The normalized spacial score (nSPS) is 10.6. The summed E-state index contributed by atoms with van der Waals surface area (Å²) in [7, 11) is 1.68. The topological polar surface area (TPSA) is 30.5 Å². The van der Waals surface area contributed by atoms with Crippen LogP contribution in [-0.4, -0.2) is 33.5 Å². The molecule has 4 heteroatoms. The number of methoxy groups -OCH3 is 1. The van der Waals surface area contributed by atoms with E-state index in [1.807, 2.05) is 0 Å². The molecule has 0 radical (unpaired) electrons. The Balaban J connectivity index is 1.85. The van der Waals surface area contributed by atoms with Crippen LogP contribution in [0.1, 0.15) is 4.88 Å². The minimum Gasteiger partial charge on any atom is -0.382 e. The fourth-order valence-corrected chi connectivity index (χ4v) is 1.69. The third-order valence-electron chi connectivity index (χ3n) is 1.73. The highest BCUT2D eigenvalue weighted by Gasteiger charge is 1.92. The predicted octanol–water partition coefficient (Wildman–Crippen LogP) is 1.50. The van der Waals surface area contributed by atoms with Gasteiger partial charge in [-0.15, -0.1) is 11.3 Å². The molecule has 1 aromatic rings. The Morgan fingerprint density at radius 1 is 1.36 bits per heavy atom. The third kappa shape index (κ3) is 5.34. The van der Waals surface area contributed by atoms with E-state index in [1.165, 1.54) is 4.88 Å². The molecule has 0 amide bonds. The van der Waals surface area contributed by atoms with Crippen LogP contribution >= 0.6 is 11.3 Å². The van der Waals surface area contributed by atoms with Crippen LogP contribution in [0.2, 0.25) is 0 Å². The Bertz CT molecular complexity index is 214. The van der Waals surface area contributed by atoms with Gasteiger partial charge in [0, 0.05) is 25.1 Å². The molecule has 0 aliphatic rings. The van der Waals surface area contributed by atoms with E-state index in [1.54, 1.807) is 18.4 Å². The van der Waals surface area contributed by atoms with Gasteiger partial charge in [-0.3, -0.25) is 0 Å².